The summed E-state index contributed by atoms with van der Waals surface area (Å²) in [6.07, 6.45) is 0.820. The van der Waals surface area contributed by atoms with Crippen LogP contribution >= 0.6 is 0 Å². The molecule has 0 aliphatic carbocycles. The second-order valence-corrected chi connectivity index (χ2v) is 4.83. The van der Waals surface area contributed by atoms with Crippen molar-refractivity contribution in [2.45, 2.75) is 33.2 Å². The van der Waals surface area contributed by atoms with Gasteiger partial charge in [0.25, 0.3) is 0 Å². The lowest BCUT2D eigenvalue weighted by Gasteiger charge is -2.16. The zero-order chi connectivity index (χ0) is 12.8. The molecule has 3 heteroatoms. The highest BCUT2D eigenvalue weighted by molar-refractivity contribution is 5.34. The summed E-state index contributed by atoms with van der Waals surface area (Å²) in [4.78, 5) is 0. The van der Waals surface area contributed by atoms with E-state index in [-0.39, 0.29) is 5.82 Å². The predicted octanol–water partition coefficient (Wildman–Crippen LogP) is 3.01. The third-order valence-electron chi connectivity index (χ3n) is 2.69. The Balaban J connectivity index is 2.63. The van der Waals surface area contributed by atoms with Gasteiger partial charge in [-0.05, 0) is 42.6 Å². The second-order valence-electron chi connectivity index (χ2n) is 4.83. The van der Waals surface area contributed by atoms with E-state index in [1.54, 1.807) is 19.2 Å². The number of halogens is 1. The summed E-state index contributed by atoms with van der Waals surface area (Å²) in [6.45, 7) is 7.32. The van der Waals surface area contributed by atoms with E-state index in [2.05, 4.69) is 26.1 Å². The zero-order valence-electron chi connectivity index (χ0n) is 11.1. The number of hydrogen-bond donors (Lipinski definition) is 1. The molecule has 0 heterocycles. The highest BCUT2D eigenvalue weighted by Gasteiger charge is 2.10. The van der Waals surface area contributed by atoms with E-state index in [4.69, 9.17) is 4.74 Å². The summed E-state index contributed by atoms with van der Waals surface area (Å²) < 4.78 is 18.4. The van der Waals surface area contributed by atoms with Crippen molar-refractivity contribution in [2.24, 2.45) is 5.92 Å². The van der Waals surface area contributed by atoms with Crippen LogP contribution in [0.1, 0.15) is 26.3 Å². The van der Waals surface area contributed by atoms with Gasteiger partial charge in [0.2, 0.25) is 0 Å². The van der Waals surface area contributed by atoms with Crippen molar-refractivity contribution in [3.05, 3.63) is 29.6 Å². The van der Waals surface area contributed by atoms with Gasteiger partial charge in [0, 0.05) is 6.04 Å². The molecule has 0 bridgehead atoms. The van der Waals surface area contributed by atoms with Crippen LogP contribution in [-0.4, -0.2) is 19.7 Å². The lowest BCUT2D eigenvalue weighted by Crippen LogP contribution is -2.28. The zero-order valence-corrected chi connectivity index (χ0v) is 11.1. The molecule has 0 saturated carbocycles. The smallest absolute Gasteiger partial charge is 0.123 e. The third kappa shape index (κ3) is 4.73. The van der Waals surface area contributed by atoms with Crippen LogP contribution in [0.4, 0.5) is 4.39 Å². The first kappa shape index (κ1) is 14.0. The normalized spacial score (nSPS) is 12.8. The van der Waals surface area contributed by atoms with Gasteiger partial charge in [-0.25, -0.2) is 4.39 Å². The number of methoxy groups -OCH3 is 1. The van der Waals surface area contributed by atoms with E-state index in [0.29, 0.717) is 12.0 Å². The first-order valence-corrected chi connectivity index (χ1v) is 6.08. The van der Waals surface area contributed by atoms with Gasteiger partial charge in [0.05, 0.1) is 7.11 Å². The summed E-state index contributed by atoms with van der Waals surface area (Å²) in [5.41, 5.74) is 0.936. The topological polar surface area (TPSA) is 21.3 Å². The Morgan fingerprint density at radius 2 is 2.00 bits per heavy atom. The molecule has 96 valence electrons. The molecule has 17 heavy (non-hydrogen) atoms. The number of hydrogen-bond acceptors (Lipinski definition) is 2. The van der Waals surface area contributed by atoms with Crippen LogP contribution in [-0.2, 0) is 6.42 Å². The maximum absolute atomic E-state index is 13.2. The standard InChI is InChI=1S/C14H22FNO/c1-10(2)16-9-11(3)7-12-8-13(15)5-6-14(12)17-4/h5-6,8,10-11,16H,7,9H2,1-4H3. The highest BCUT2D eigenvalue weighted by atomic mass is 19.1. The summed E-state index contributed by atoms with van der Waals surface area (Å²) in [7, 11) is 1.62. The van der Waals surface area contributed by atoms with Gasteiger partial charge in [-0.15, -0.1) is 0 Å². The molecule has 1 aromatic carbocycles. The average Bonchev–Trinajstić information content (AvgIpc) is 2.27. The minimum Gasteiger partial charge on any atom is -0.496 e. The fourth-order valence-electron chi connectivity index (χ4n) is 1.79. The molecular formula is C14H22FNO. The summed E-state index contributed by atoms with van der Waals surface area (Å²) >= 11 is 0. The molecule has 1 atom stereocenters. The maximum Gasteiger partial charge on any atom is 0.123 e. The molecule has 0 amide bonds. The van der Waals surface area contributed by atoms with Gasteiger partial charge in [0.15, 0.2) is 0 Å². The van der Waals surface area contributed by atoms with Crippen molar-refractivity contribution >= 4 is 0 Å². The number of nitrogens with one attached hydrogen (secondary N) is 1. The molecule has 1 aromatic rings. The van der Waals surface area contributed by atoms with E-state index >= 15 is 0 Å². The van der Waals surface area contributed by atoms with Crippen LogP contribution in [0.2, 0.25) is 0 Å². The van der Waals surface area contributed by atoms with Gasteiger partial charge in [0.1, 0.15) is 11.6 Å². The Bertz CT molecular complexity index is 352. The van der Waals surface area contributed by atoms with E-state index in [1.807, 2.05) is 0 Å². The lowest BCUT2D eigenvalue weighted by molar-refractivity contribution is 0.400. The number of rotatable bonds is 6. The highest BCUT2D eigenvalue weighted by Crippen LogP contribution is 2.22. The molecular weight excluding hydrogens is 217 g/mol. The third-order valence-corrected chi connectivity index (χ3v) is 2.69. The first-order chi connectivity index (χ1) is 8.02. The monoisotopic (exact) mass is 239 g/mol. The number of benzene rings is 1. The second kappa shape index (κ2) is 6.60. The van der Waals surface area contributed by atoms with E-state index in [1.165, 1.54) is 6.07 Å². The van der Waals surface area contributed by atoms with Crippen molar-refractivity contribution in [3.8, 4) is 5.75 Å². The van der Waals surface area contributed by atoms with Crippen molar-refractivity contribution in [1.82, 2.24) is 5.32 Å². The molecule has 0 aromatic heterocycles. The van der Waals surface area contributed by atoms with Crippen molar-refractivity contribution in [1.29, 1.82) is 0 Å². The van der Waals surface area contributed by atoms with Crippen LogP contribution in [0, 0.1) is 11.7 Å². The molecule has 0 fully saturated rings. The molecule has 1 rings (SSSR count). The number of ether oxygens (including phenoxy) is 1. The lowest BCUT2D eigenvalue weighted by atomic mass is 10.00. The quantitative estimate of drug-likeness (QED) is 0.824. The maximum atomic E-state index is 13.2. The van der Waals surface area contributed by atoms with Crippen LogP contribution in [0.3, 0.4) is 0 Å². The summed E-state index contributed by atoms with van der Waals surface area (Å²) in [5.74, 6) is 1.01. The fraction of sp³-hybridized carbons (Fsp3) is 0.571. The first-order valence-electron chi connectivity index (χ1n) is 6.08. The van der Waals surface area contributed by atoms with E-state index < -0.39 is 0 Å². The molecule has 0 aliphatic heterocycles. The van der Waals surface area contributed by atoms with Crippen molar-refractivity contribution in [3.63, 3.8) is 0 Å². The Morgan fingerprint density at radius 3 is 2.59 bits per heavy atom. The van der Waals surface area contributed by atoms with Crippen LogP contribution < -0.4 is 10.1 Å². The summed E-state index contributed by atoms with van der Waals surface area (Å²) in [5, 5.41) is 3.38. The van der Waals surface area contributed by atoms with Crippen LogP contribution in [0.15, 0.2) is 18.2 Å². The van der Waals surface area contributed by atoms with Crippen molar-refractivity contribution < 1.29 is 9.13 Å². The molecule has 0 saturated heterocycles. The van der Waals surface area contributed by atoms with Gasteiger partial charge < -0.3 is 10.1 Å². The average molecular weight is 239 g/mol. The Labute approximate surface area is 103 Å². The van der Waals surface area contributed by atoms with E-state index in [0.717, 1.165) is 24.3 Å². The molecule has 0 spiro atoms. The Kier molecular flexibility index (Phi) is 5.42. The molecule has 0 aliphatic rings. The minimum absolute atomic E-state index is 0.204. The molecule has 2 nitrogen and oxygen atoms in total. The van der Waals surface area contributed by atoms with Gasteiger partial charge in [-0.3, -0.25) is 0 Å². The van der Waals surface area contributed by atoms with Crippen LogP contribution in [0.25, 0.3) is 0 Å². The summed E-state index contributed by atoms with van der Waals surface area (Å²) in [6, 6.07) is 5.16. The minimum atomic E-state index is -0.204. The molecule has 0 radical (unpaired) electrons. The van der Waals surface area contributed by atoms with Crippen LogP contribution in [0.5, 0.6) is 5.75 Å². The largest absolute Gasteiger partial charge is 0.496 e. The predicted molar refractivity (Wildman–Crippen MR) is 69.0 cm³/mol. The van der Waals surface area contributed by atoms with Gasteiger partial charge in [-0.2, -0.15) is 0 Å². The SMILES string of the molecule is COc1ccc(F)cc1CC(C)CNC(C)C. The van der Waals surface area contributed by atoms with Gasteiger partial charge >= 0.3 is 0 Å². The van der Waals surface area contributed by atoms with E-state index in [9.17, 15) is 4.39 Å². The molecule has 1 N–H and O–H groups in total. The molecule has 1 unspecified atom stereocenters. The van der Waals surface area contributed by atoms with Gasteiger partial charge in [-0.1, -0.05) is 20.8 Å². The Morgan fingerprint density at radius 1 is 1.29 bits per heavy atom. The Hall–Kier alpha value is -1.09. The van der Waals surface area contributed by atoms with Crippen molar-refractivity contribution in [2.75, 3.05) is 13.7 Å². The fourth-order valence-corrected chi connectivity index (χ4v) is 1.79.